The Hall–Kier alpha value is -1.47. The van der Waals surface area contributed by atoms with Crippen LogP contribution in [0.5, 0.6) is 0 Å². The summed E-state index contributed by atoms with van der Waals surface area (Å²) in [5.41, 5.74) is 0.905. The zero-order valence-electron chi connectivity index (χ0n) is 7.28. The molecule has 0 unspecified atom stereocenters. The molecule has 0 fully saturated rings. The van der Waals surface area contributed by atoms with Crippen molar-refractivity contribution in [2.24, 2.45) is 0 Å². The Morgan fingerprint density at radius 2 is 2.07 bits per heavy atom. The van der Waals surface area contributed by atoms with Crippen LogP contribution in [0.1, 0.15) is 0 Å². The molecular weight excluding hydrogens is 206 g/mol. The first kappa shape index (κ1) is 9.10. The molecule has 14 heavy (non-hydrogen) atoms. The van der Waals surface area contributed by atoms with Crippen LogP contribution in [-0.4, -0.2) is 29.9 Å². The highest BCUT2D eigenvalue weighted by molar-refractivity contribution is 7.85. The van der Waals surface area contributed by atoms with Crippen molar-refractivity contribution in [3.8, 4) is 0 Å². The van der Waals surface area contributed by atoms with E-state index < -0.39 is 10.3 Å². The van der Waals surface area contributed by atoms with Gasteiger partial charge in [-0.1, -0.05) is 12.1 Å². The Kier molecular flexibility index (Phi) is 1.97. The van der Waals surface area contributed by atoms with Crippen molar-refractivity contribution in [1.82, 2.24) is 14.4 Å². The summed E-state index contributed by atoms with van der Waals surface area (Å²) in [5, 5.41) is 7.18. The zero-order valence-corrected chi connectivity index (χ0v) is 8.10. The van der Waals surface area contributed by atoms with Crippen LogP contribution in [0, 0.1) is 0 Å². The molecule has 0 saturated carbocycles. The third kappa shape index (κ3) is 1.26. The highest BCUT2D eigenvalue weighted by Gasteiger charge is 2.16. The van der Waals surface area contributed by atoms with Crippen LogP contribution in [0.3, 0.4) is 0 Å². The fourth-order valence-corrected chi connectivity index (χ4v) is 1.75. The summed E-state index contributed by atoms with van der Waals surface area (Å²) < 4.78 is 27.7. The summed E-state index contributed by atoms with van der Waals surface area (Å²) >= 11 is 0. The number of benzene rings is 1. The maximum atomic E-state index is 11.3. The molecule has 0 radical (unpaired) electrons. The van der Waals surface area contributed by atoms with Gasteiger partial charge in [0.05, 0.1) is 7.11 Å². The lowest BCUT2D eigenvalue weighted by Gasteiger charge is -1.99. The van der Waals surface area contributed by atoms with E-state index >= 15 is 0 Å². The highest BCUT2D eigenvalue weighted by Crippen LogP contribution is 2.11. The van der Waals surface area contributed by atoms with E-state index in [9.17, 15) is 8.42 Å². The van der Waals surface area contributed by atoms with Crippen LogP contribution >= 0.6 is 0 Å². The number of hydrogen-bond acceptors (Lipinski definition) is 5. The van der Waals surface area contributed by atoms with Crippen molar-refractivity contribution in [2.45, 2.75) is 0 Å². The molecule has 1 aromatic heterocycles. The topological polar surface area (TPSA) is 74.1 Å². The second-order valence-corrected chi connectivity index (χ2v) is 4.08. The summed E-state index contributed by atoms with van der Waals surface area (Å²) in [7, 11) is -2.76. The van der Waals surface area contributed by atoms with E-state index in [-0.39, 0.29) is 0 Å². The first-order valence-electron chi connectivity index (χ1n) is 3.77. The Labute approximate surface area is 80.4 Å². The number of hydrogen-bond donors (Lipinski definition) is 0. The average Bonchev–Trinajstić information content (AvgIpc) is 2.61. The van der Waals surface area contributed by atoms with Crippen molar-refractivity contribution in [2.75, 3.05) is 7.11 Å². The summed E-state index contributed by atoms with van der Waals surface area (Å²) in [5.74, 6) is 0. The molecule has 0 bridgehead atoms. The van der Waals surface area contributed by atoms with Crippen molar-refractivity contribution >= 4 is 21.3 Å². The average molecular weight is 213 g/mol. The van der Waals surface area contributed by atoms with Crippen LogP contribution in [0.2, 0.25) is 0 Å². The van der Waals surface area contributed by atoms with E-state index in [0.29, 0.717) is 11.0 Å². The number of aromatic nitrogens is 3. The minimum absolute atomic E-state index is 0.398. The third-order valence-corrected chi connectivity index (χ3v) is 2.86. The molecule has 0 saturated heterocycles. The Bertz CT molecular complexity index is 560. The van der Waals surface area contributed by atoms with E-state index in [1.807, 2.05) is 0 Å². The van der Waals surface area contributed by atoms with Crippen LogP contribution in [0.4, 0.5) is 0 Å². The lowest BCUT2D eigenvalue weighted by molar-refractivity contribution is 0.386. The molecule has 1 heterocycles. The number of nitrogens with zero attached hydrogens (tertiary/aromatic N) is 3. The lowest BCUT2D eigenvalue weighted by Crippen LogP contribution is -2.15. The van der Waals surface area contributed by atoms with Gasteiger partial charge in [-0.15, -0.1) is 9.19 Å². The molecule has 0 aliphatic heterocycles. The van der Waals surface area contributed by atoms with Crippen LogP contribution < -0.4 is 0 Å². The quantitative estimate of drug-likeness (QED) is 0.711. The van der Waals surface area contributed by atoms with Gasteiger partial charge in [-0.05, 0) is 17.3 Å². The third-order valence-electron chi connectivity index (χ3n) is 1.74. The monoisotopic (exact) mass is 213 g/mol. The molecule has 74 valence electrons. The summed E-state index contributed by atoms with van der Waals surface area (Å²) in [6.07, 6.45) is 0. The van der Waals surface area contributed by atoms with Gasteiger partial charge >= 0.3 is 10.3 Å². The van der Waals surface area contributed by atoms with Crippen molar-refractivity contribution in [3.05, 3.63) is 24.3 Å². The summed E-state index contributed by atoms with van der Waals surface area (Å²) in [6.45, 7) is 0. The molecular formula is C7H7N3O3S. The van der Waals surface area contributed by atoms with Gasteiger partial charge in [0.2, 0.25) is 0 Å². The highest BCUT2D eigenvalue weighted by atomic mass is 32.2. The number of rotatable bonds is 2. The predicted octanol–water partition coefficient (Wildman–Crippen LogP) is 0.171. The molecule has 6 nitrogen and oxygen atoms in total. The van der Waals surface area contributed by atoms with E-state index in [2.05, 4.69) is 14.5 Å². The van der Waals surface area contributed by atoms with E-state index in [0.717, 1.165) is 11.2 Å². The minimum atomic E-state index is -3.84. The first-order chi connectivity index (χ1) is 6.65. The van der Waals surface area contributed by atoms with Crippen molar-refractivity contribution in [3.63, 3.8) is 0 Å². The first-order valence-corrected chi connectivity index (χ1v) is 5.13. The van der Waals surface area contributed by atoms with Crippen LogP contribution in [0.15, 0.2) is 24.3 Å². The van der Waals surface area contributed by atoms with Crippen molar-refractivity contribution in [1.29, 1.82) is 0 Å². The fraction of sp³-hybridized carbons (Fsp3) is 0.143. The fourth-order valence-electron chi connectivity index (χ4n) is 1.08. The van der Waals surface area contributed by atoms with E-state index in [1.165, 1.54) is 0 Å². The largest absolute Gasteiger partial charge is 0.383 e. The molecule has 1 aromatic carbocycles. The van der Waals surface area contributed by atoms with Crippen LogP contribution in [0.25, 0.3) is 11.0 Å². The van der Waals surface area contributed by atoms with Gasteiger partial charge in [0.25, 0.3) is 0 Å². The van der Waals surface area contributed by atoms with Gasteiger partial charge in [0, 0.05) is 0 Å². The number of para-hydroxylation sites is 1. The van der Waals surface area contributed by atoms with Crippen molar-refractivity contribution < 1.29 is 12.6 Å². The predicted molar refractivity (Wildman–Crippen MR) is 48.9 cm³/mol. The van der Waals surface area contributed by atoms with Gasteiger partial charge in [0.1, 0.15) is 11.0 Å². The maximum Gasteiger partial charge on any atom is 0.383 e. The molecule has 0 N–H and O–H groups in total. The molecule has 0 atom stereocenters. The normalized spacial score (nSPS) is 12.1. The second-order valence-electron chi connectivity index (χ2n) is 2.55. The zero-order chi connectivity index (χ0) is 10.2. The Balaban J connectivity index is 2.77. The molecule has 0 amide bonds. The molecule has 2 aromatic rings. The molecule has 2 rings (SSSR count). The minimum Gasteiger partial charge on any atom is -0.256 e. The summed E-state index contributed by atoms with van der Waals surface area (Å²) in [4.78, 5) is 0. The molecule has 0 spiro atoms. The van der Waals surface area contributed by atoms with Gasteiger partial charge in [-0.25, -0.2) is 0 Å². The van der Waals surface area contributed by atoms with Gasteiger partial charge in [0.15, 0.2) is 0 Å². The summed E-state index contributed by atoms with van der Waals surface area (Å²) in [6, 6.07) is 6.73. The standard InChI is InChI=1S/C7H7N3O3S/c1-13-14(11,12)10-7-5-3-2-4-6(7)8-9-10/h2-5H,1H3. The van der Waals surface area contributed by atoms with Gasteiger partial charge < -0.3 is 0 Å². The molecule has 0 aliphatic rings. The second kappa shape index (κ2) is 3.03. The lowest BCUT2D eigenvalue weighted by atomic mass is 10.3. The Morgan fingerprint density at radius 3 is 2.79 bits per heavy atom. The number of fused-ring (bicyclic) bond motifs is 1. The maximum absolute atomic E-state index is 11.3. The SMILES string of the molecule is COS(=O)(=O)n1nnc2ccccc21. The van der Waals surface area contributed by atoms with E-state index in [4.69, 9.17) is 0 Å². The van der Waals surface area contributed by atoms with Gasteiger partial charge in [-0.3, -0.25) is 4.18 Å². The molecule has 0 aliphatic carbocycles. The smallest absolute Gasteiger partial charge is 0.256 e. The van der Waals surface area contributed by atoms with Gasteiger partial charge in [-0.2, -0.15) is 8.42 Å². The molecule has 7 heteroatoms. The Morgan fingerprint density at radius 1 is 1.36 bits per heavy atom. The van der Waals surface area contributed by atoms with Crippen LogP contribution in [-0.2, 0) is 14.5 Å². The van der Waals surface area contributed by atoms with E-state index in [1.54, 1.807) is 24.3 Å².